The van der Waals surface area contributed by atoms with E-state index in [0.717, 1.165) is 27.2 Å². The number of aromatic nitrogens is 4. The number of pyridine rings is 1. The van der Waals surface area contributed by atoms with Crippen molar-refractivity contribution in [3.8, 4) is 11.3 Å². The van der Waals surface area contributed by atoms with Gasteiger partial charge in [-0.1, -0.05) is 30.3 Å². The van der Waals surface area contributed by atoms with E-state index in [1.165, 1.54) is 11.3 Å². The maximum atomic E-state index is 12.6. The minimum absolute atomic E-state index is 0.212. The van der Waals surface area contributed by atoms with Crippen LogP contribution in [0.15, 0.2) is 48.8 Å². The Morgan fingerprint density at radius 3 is 2.70 bits per heavy atom. The lowest BCUT2D eigenvalue weighted by molar-refractivity contribution is 0.102. The summed E-state index contributed by atoms with van der Waals surface area (Å²) >= 11 is 1.46. The van der Waals surface area contributed by atoms with E-state index in [2.05, 4.69) is 20.4 Å². The van der Waals surface area contributed by atoms with E-state index in [-0.39, 0.29) is 11.9 Å². The second-order valence-corrected chi connectivity index (χ2v) is 7.77. The first-order valence-corrected chi connectivity index (χ1v) is 9.52. The zero-order valence-electron chi connectivity index (χ0n) is 15.3. The predicted molar refractivity (Wildman–Crippen MR) is 108 cm³/mol. The number of rotatable bonds is 4. The van der Waals surface area contributed by atoms with Crippen LogP contribution in [0.4, 0.5) is 5.13 Å². The minimum atomic E-state index is -0.227. The molecule has 7 heteroatoms. The van der Waals surface area contributed by atoms with Gasteiger partial charge in [0.05, 0.1) is 17.5 Å². The minimum Gasteiger partial charge on any atom is -0.298 e. The summed E-state index contributed by atoms with van der Waals surface area (Å²) in [7, 11) is 0. The highest BCUT2D eigenvalue weighted by Gasteiger charge is 2.15. The molecule has 6 nitrogen and oxygen atoms in total. The molecule has 1 amide bonds. The highest BCUT2D eigenvalue weighted by Crippen LogP contribution is 2.30. The lowest BCUT2D eigenvalue weighted by Gasteiger charge is -2.06. The molecule has 1 aromatic carbocycles. The van der Waals surface area contributed by atoms with Gasteiger partial charge in [0, 0.05) is 28.1 Å². The van der Waals surface area contributed by atoms with Crippen LogP contribution in [0, 0.1) is 6.92 Å². The normalized spacial score (nSPS) is 11.3. The van der Waals surface area contributed by atoms with Crippen LogP contribution in [-0.2, 0) is 0 Å². The lowest BCUT2D eigenvalue weighted by atomic mass is 10.1. The summed E-state index contributed by atoms with van der Waals surface area (Å²) in [6.07, 6.45) is 3.32. The van der Waals surface area contributed by atoms with Crippen LogP contribution in [0.1, 0.15) is 35.1 Å². The van der Waals surface area contributed by atoms with Gasteiger partial charge in [-0.25, -0.2) is 14.6 Å². The van der Waals surface area contributed by atoms with Crippen LogP contribution < -0.4 is 5.32 Å². The monoisotopic (exact) mass is 377 g/mol. The Kier molecular flexibility index (Phi) is 4.45. The van der Waals surface area contributed by atoms with Gasteiger partial charge in [0.2, 0.25) is 0 Å². The number of aryl methyl sites for hydroxylation is 1. The molecule has 0 aliphatic carbocycles. The van der Waals surface area contributed by atoms with Crippen molar-refractivity contribution < 1.29 is 4.79 Å². The predicted octanol–water partition coefficient (Wildman–Crippen LogP) is 4.70. The quantitative estimate of drug-likeness (QED) is 0.560. The van der Waals surface area contributed by atoms with Crippen LogP contribution in [-0.4, -0.2) is 25.7 Å². The summed E-state index contributed by atoms with van der Waals surface area (Å²) < 4.78 is 1.84. The number of hydrogen-bond donors (Lipinski definition) is 1. The molecule has 0 saturated heterocycles. The van der Waals surface area contributed by atoms with Gasteiger partial charge in [-0.15, -0.1) is 11.3 Å². The van der Waals surface area contributed by atoms with Gasteiger partial charge in [0.1, 0.15) is 0 Å². The first kappa shape index (κ1) is 17.4. The first-order chi connectivity index (χ1) is 13.0. The Balaban J connectivity index is 1.58. The third kappa shape index (κ3) is 3.33. The van der Waals surface area contributed by atoms with Crippen LogP contribution in [0.25, 0.3) is 22.3 Å². The van der Waals surface area contributed by atoms with Crippen molar-refractivity contribution in [3.05, 3.63) is 59.2 Å². The van der Waals surface area contributed by atoms with Crippen molar-refractivity contribution in [2.45, 2.75) is 26.8 Å². The third-order valence-electron chi connectivity index (χ3n) is 4.25. The fourth-order valence-electron chi connectivity index (χ4n) is 2.93. The van der Waals surface area contributed by atoms with E-state index in [9.17, 15) is 4.79 Å². The molecule has 1 N–H and O–H groups in total. The number of hydrogen-bond acceptors (Lipinski definition) is 5. The molecule has 0 fully saturated rings. The van der Waals surface area contributed by atoms with Crippen molar-refractivity contribution in [2.24, 2.45) is 0 Å². The average molecular weight is 377 g/mol. The van der Waals surface area contributed by atoms with Crippen LogP contribution in [0.3, 0.4) is 0 Å². The van der Waals surface area contributed by atoms with Crippen molar-refractivity contribution >= 4 is 33.4 Å². The summed E-state index contributed by atoms with van der Waals surface area (Å²) in [6.45, 7) is 6.09. The second kappa shape index (κ2) is 6.92. The molecule has 4 rings (SSSR count). The molecule has 4 aromatic rings. The molecule has 0 bridgehead atoms. The summed E-state index contributed by atoms with van der Waals surface area (Å²) in [5, 5.41) is 8.65. The molecule has 0 atom stereocenters. The number of nitrogens with one attached hydrogen (secondary N) is 1. The van der Waals surface area contributed by atoms with E-state index in [0.29, 0.717) is 10.7 Å². The smallest absolute Gasteiger partial charge is 0.259 e. The highest BCUT2D eigenvalue weighted by atomic mass is 32.1. The number of thiazole rings is 1. The molecule has 136 valence electrons. The second-order valence-electron chi connectivity index (χ2n) is 6.56. The number of nitrogens with zero attached hydrogens (tertiary/aromatic N) is 4. The number of amides is 1. The molecule has 3 heterocycles. The van der Waals surface area contributed by atoms with Gasteiger partial charge in [0.25, 0.3) is 5.91 Å². The highest BCUT2D eigenvalue weighted by molar-refractivity contribution is 7.16. The van der Waals surface area contributed by atoms with E-state index in [1.54, 1.807) is 12.4 Å². The Hall–Kier alpha value is -3.06. The summed E-state index contributed by atoms with van der Waals surface area (Å²) in [5.41, 5.74) is 3.19. The Labute approximate surface area is 160 Å². The first-order valence-electron chi connectivity index (χ1n) is 8.70. The molecule has 0 aliphatic rings. The number of anilines is 1. The van der Waals surface area contributed by atoms with E-state index >= 15 is 0 Å². The summed E-state index contributed by atoms with van der Waals surface area (Å²) in [5.74, 6) is -0.227. The van der Waals surface area contributed by atoms with Crippen LogP contribution in [0.5, 0.6) is 0 Å². The molecular formula is C20H19N5OS. The number of fused-ring (bicyclic) bond motifs is 1. The number of carbonyl (C=O) groups excluding carboxylic acids is 1. The average Bonchev–Trinajstić information content (AvgIpc) is 3.25. The van der Waals surface area contributed by atoms with Gasteiger partial charge >= 0.3 is 0 Å². The van der Waals surface area contributed by atoms with Gasteiger partial charge in [-0.3, -0.25) is 10.1 Å². The van der Waals surface area contributed by atoms with Crippen molar-refractivity contribution in [3.63, 3.8) is 0 Å². The van der Waals surface area contributed by atoms with Gasteiger partial charge in [-0.2, -0.15) is 5.10 Å². The zero-order chi connectivity index (χ0) is 19.0. The van der Waals surface area contributed by atoms with E-state index in [1.807, 2.05) is 61.9 Å². The maximum absolute atomic E-state index is 12.6. The van der Waals surface area contributed by atoms with Crippen molar-refractivity contribution in [1.29, 1.82) is 0 Å². The fourth-order valence-corrected chi connectivity index (χ4v) is 3.76. The standard InChI is InChI=1S/C20H19N5OS/c1-12(2)25-18-15(11-22-25)9-16(10-21-18)19(26)24-20-23-17(13(3)27-20)14-7-5-4-6-8-14/h4-12H,1-3H3,(H,23,24,26). The fraction of sp³-hybridized carbons (Fsp3) is 0.200. The van der Waals surface area contributed by atoms with E-state index in [4.69, 9.17) is 0 Å². The Bertz CT molecular complexity index is 1110. The Morgan fingerprint density at radius 1 is 1.19 bits per heavy atom. The van der Waals surface area contributed by atoms with Crippen LogP contribution in [0.2, 0.25) is 0 Å². The van der Waals surface area contributed by atoms with Gasteiger partial charge in [-0.05, 0) is 26.8 Å². The molecule has 0 spiro atoms. The van der Waals surface area contributed by atoms with Gasteiger partial charge < -0.3 is 0 Å². The number of carbonyl (C=O) groups is 1. The molecule has 0 saturated carbocycles. The summed E-state index contributed by atoms with van der Waals surface area (Å²) in [6, 6.07) is 12.0. The maximum Gasteiger partial charge on any atom is 0.259 e. The largest absolute Gasteiger partial charge is 0.298 e. The van der Waals surface area contributed by atoms with Crippen LogP contribution >= 0.6 is 11.3 Å². The molecule has 27 heavy (non-hydrogen) atoms. The molecular weight excluding hydrogens is 358 g/mol. The zero-order valence-corrected chi connectivity index (χ0v) is 16.1. The third-order valence-corrected chi connectivity index (χ3v) is 5.14. The van der Waals surface area contributed by atoms with Crippen molar-refractivity contribution in [2.75, 3.05) is 5.32 Å². The van der Waals surface area contributed by atoms with Crippen molar-refractivity contribution in [1.82, 2.24) is 19.7 Å². The number of benzene rings is 1. The van der Waals surface area contributed by atoms with E-state index < -0.39 is 0 Å². The lowest BCUT2D eigenvalue weighted by Crippen LogP contribution is -2.12. The summed E-state index contributed by atoms with van der Waals surface area (Å²) in [4.78, 5) is 22.7. The SMILES string of the molecule is Cc1sc(NC(=O)c2cnc3c(cnn3C(C)C)c2)nc1-c1ccccc1. The molecule has 3 aromatic heterocycles. The molecule has 0 aliphatic heterocycles. The molecule has 0 unspecified atom stereocenters. The topological polar surface area (TPSA) is 72.7 Å². The molecule has 0 radical (unpaired) electrons. The van der Waals surface area contributed by atoms with Gasteiger partial charge in [0.15, 0.2) is 10.8 Å². The Morgan fingerprint density at radius 2 is 1.96 bits per heavy atom.